The number of nitrogens with zero attached hydrogens (tertiary/aromatic N) is 1. The summed E-state index contributed by atoms with van der Waals surface area (Å²) in [6.45, 7) is 3.76. The van der Waals surface area contributed by atoms with Gasteiger partial charge in [-0.3, -0.25) is 4.98 Å². The van der Waals surface area contributed by atoms with Gasteiger partial charge in [-0.1, -0.05) is 11.8 Å². The second kappa shape index (κ2) is 5.25. The van der Waals surface area contributed by atoms with Crippen molar-refractivity contribution in [2.75, 3.05) is 6.61 Å². The van der Waals surface area contributed by atoms with Gasteiger partial charge in [0.2, 0.25) is 0 Å². The lowest BCUT2D eigenvalue weighted by Crippen LogP contribution is -2.05. The molecule has 3 nitrogen and oxygen atoms in total. The van der Waals surface area contributed by atoms with E-state index in [-0.39, 0.29) is 12.7 Å². The van der Waals surface area contributed by atoms with Crippen LogP contribution in [0.1, 0.15) is 19.4 Å². The first-order chi connectivity index (χ1) is 6.72. The Morgan fingerprint density at radius 1 is 1.50 bits per heavy atom. The molecule has 1 rings (SSSR count). The highest BCUT2D eigenvalue weighted by molar-refractivity contribution is 5.36. The SMILES string of the molecule is CC(C)Oc1cncc(C#CCO)c1. The molecule has 1 heterocycles. The third-order valence-corrected chi connectivity index (χ3v) is 1.40. The molecular weight excluding hydrogens is 178 g/mol. The monoisotopic (exact) mass is 191 g/mol. The van der Waals surface area contributed by atoms with Crippen molar-refractivity contribution in [2.45, 2.75) is 20.0 Å². The minimum atomic E-state index is -0.144. The van der Waals surface area contributed by atoms with E-state index in [2.05, 4.69) is 16.8 Å². The Hall–Kier alpha value is -1.53. The van der Waals surface area contributed by atoms with Gasteiger partial charge in [-0.2, -0.15) is 0 Å². The molecule has 0 saturated carbocycles. The maximum absolute atomic E-state index is 8.52. The number of ether oxygens (including phenoxy) is 1. The highest BCUT2D eigenvalue weighted by atomic mass is 16.5. The van der Waals surface area contributed by atoms with Crippen LogP contribution in [-0.2, 0) is 0 Å². The number of aliphatic hydroxyl groups excluding tert-OH is 1. The summed E-state index contributed by atoms with van der Waals surface area (Å²) in [7, 11) is 0. The Labute approximate surface area is 83.7 Å². The molecule has 3 heteroatoms. The summed E-state index contributed by atoms with van der Waals surface area (Å²) in [5.74, 6) is 6.02. The van der Waals surface area contributed by atoms with Gasteiger partial charge in [-0.15, -0.1) is 0 Å². The van der Waals surface area contributed by atoms with Crippen LogP contribution in [0.3, 0.4) is 0 Å². The van der Waals surface area contributed by atoms with Gasteiger partial charge in [0, 0.05) is 11.8 Å². The van der Waals surface area contributed by atoms with E-state index in [4.69, 9.17) is 9.84 Å². The fraction of sp³-hybridized carbons (Fsp3) is 0.364. The number of pyridine rings is 1. The van der Waals surface area contributed by atoms with E-state index in [9.17, 15) is 0 Å². The van der Waals surface area contributed by atoms with Crippen molar-refractivity contribution in [2.24, 2.45) is 0 Å². The first kappa shape index (κ1) is 10.6. The molecule has 1 N–H and O–H groups in total. The molecule has 0 spiro atoms. The van der Waals surface area contributed by atoms with Crippen LogP contribution in [0.4, 0.5) is 0 Å². The van der Waals surface area contributed by atoms with Gasteiger partial charge in [0.15, 0.2) is 0 Å². The Morgan fingerprint density at radius 3 is 2.93 bits per heavy atom. The number of hydrogen-bond donors (Lipinski definition) is 1. The third kappa shape index (κ3) is 3.46. The van der Waals surface area contributed by atoms with Crippen molar-refractivity contribution in [3.63, 3.8) is 0 Å². The Kier molecular flexibility index (Phi) is 3.96. The molecule has 0 atom stereocenters. The minimum Gasteiger partial charge on any atom is -0.489 e. The van der Waals surface area contributed by atoms with Gasteiger partial charge in [0.1, 0.15) is 12.4 Å². The lowest BCUT2D eigenvalue weighted by atomic mass is 10.3. The molecule has 0 saturated heterocycles. The van der Waals surface area contributed by atoms with Gasteiger partial charge in [0.05, 0.1) is 12.3 Å². The van der Waals surface area contributed by atoms with Crippen LogP contribution >= 0.6 is 0 Å². The van der Waals surface area contributed by atoms with E-state index in [0.29, 0.717) is 5.75 Å². The van der Waals surface area contributed by atoms with E-state index < -0.39 is 0 Å². The summed E-state index contributed by atoms with van der Waals surface area (Å²) in [5, 5.41) is 8.52. The fourth-order valence-electron chi connectivity index (χ4n) is 0.965. The van der Waals surface area contributed by atoms with Crippen molar-refractivity contribution in [3.05, 3.63) is 24.0 Å². The van der Waals surface area contributed by atoms with Crippen molar-refractivity contribution < 1.29 is 9.84 Å². The van der Waals surface area contributed by atoms with E-state index in [1.807, 2.05) is 13.8 Å². The predicted molar refractivity (Wildman–Crippen MR) is 54.0 cm³/mol. The van der Waals surface area contributed by atoms with Crippen LogP contribution in [0.15, 0.2) is 18.5 Å². The Balaban J connectivity index is 2.78. The molecule has 0 aromatic carbocycles. The van der Waals surface area contributed by atoms with Crippen molar-refractivity contribution in [3.8, 4) is 17.6 Å². The largest absolute Gasteiger partial charge is 0.489 e. The zero-order valence-corrected chi connectivity index (χ0v) is 8.32. The normalized spacial score (nSPS) is 9.43. The molecule has 0 bridgehead atoms. The molecule has 0 radical (unpaired) electrons. The van der Waals surface area contributed by atoms with Crippen LogP contribution in [0.5, 0.6) is 5.75 Å². The predicted octanol–water partition coefficient (Wildman–Crippen LogP) is 1.21. The van der Waals surface area contributed by atoms with Crippen molar-refractivity contribution in [1.82, 2.24) is 4.98 Å². The van der Waals surface area contributed by atoms with Crippen LogP contribution in [0.25, 0.3) is 0 Å². The molecule has 0 unspecified atom stereocenters. The molecule has 14 heavy (non-hydrogen) atoms. The zero-order chi connectivity index (χ0) is 10.4. The van der Waals surface area contributed by atoms with E-state index in [1.54, 1.807) is 18.5 Å². The van der Waals surface area contributed by atoms with Crippen LogP contribution < -0.4 is 4.74 Å². The summed E-state index contributed by atoms with van der Waals surface area (Å²) in [5.41, 5.74) is 0.747. The second-order valence-corrected chi connectivity index (χ2v) is 3.04. The topological polar surface area (TPSA) is 42.4 Å². The molecule has 1 aromatic heterocycles. The van der Waals surface area contributed by atoms with Gasteiger partial charge < -0.3 is 9.84 Å². The lowest BCUT2D eigenvalue weighted by molar-refractivity contribution is 0.241. The number of hydrogen-bond acceptors (Lipinski definition) is 3. The first-order valence-electron chi connectivity index (χ1n) is 4.44. The molecular formula is C11H13NO2. The van der Waals surface area contributed by atoms with Gasteiger partial charge in [-0.25, -0.2) is 0 Å². The summed E-state index contributed by atoms with van der Waals surface area (Å²) in [6, 6.07) is 1.80. The van der Waals surface area contributed by atoms with Crippen LogP contribution in [0, 0.1) is 11.8 Å². The molecule has 0 aliphatic rings. The fourth-order valence-corrected chi connectivity index (χ4v) is 0.965. The molecule has 74 valence electrons. The summed E-state index contributed by atoms with van der Waals surface area (Å²) in [6.07, 6.45) is 3.40. The number of aliphatic hydroxyl groups is 1. The van der Waals surface area contributed by atoms with Gasteiger partial charge in [-0.05, 0) is 19.9 Å². The smallest absolute Gasteiger partial charge is 0.139 e. The highest BCUT2D eigenvalue weighted by Crippen LogP contribution is 2.11. The quantitative estimate of drug-likeness (QED) is 0.714. The summed E-state index contributed by atoms with van der Waals surface area (Å²) >= 11 is 0. The van der Waals surface area contributed by atoms with Crippen LogP contribution in [0.2, 0.25) is 0 Å². The average molecular weight is 191 g/mol. The summed E-state index contributed by atoms with van der Waals surface area (Å²) < 4.78 is 5.44. The van der Waals surface area contributed by atoms with E-state index in [0.717, 1.165) is 5.56 Å². The highest BCUT2D eigenvalue weighted by Gasteiger charge is 1.97. The second-order valence-electron chi connectivity index (χ2n) is 3.04. The number of aromatic nitrogens is 1. The zero-order valence-electron chi connectivity index (χ0n) is 8.32. The van der Waals surface area contributed by atoms with Gasteiger partial charge in [0.25, 0.3) is 0 Å². The Morgan fingerprint density at radius 2 is 2.29 bits per heavy atom. The molecule has 0 amide bonds. The standard InChI is InChI=1S/C11H13NO2/c1-9(2)14-11-6-10(4-3-5-13)7-12-8-11/h6-9,13H,5H2,1-2H3. The number of rotatable bonds is 2. The van der Waals surface area contributed by atoms with Gasteiger partial charge >= 0.3 is 0 Å². The van der Waals surface area contributed by atoms with E-state index >= 15 is 0 Å². The van der Waals surface area contributed by atoms with Crippen LogP contribution in [-0.4, -0.2) is 22.8 Å². The van der Waals surface area contributed by atoms with E-state index in [1.165, 1.54) is 0 Å². The Bertz CT molecular complexity index is 350. The third-order valence-electron chi connectivity index (χ3n) is 1.40. The maximum atomic E-state index is 8.52. The lowest BCUT2D eigenvalue weighted by Gasteiger charge is -2.08. The molecule has 1 aromatic rings. The molecule has 0 aliphatic carbocycles. The minimum absolute atomic E-state index is 0.123. The summed E-state index contributed by atoms with van der Waals surface area (Å²) in [4.78, 5) is 3.98. The first-order valence-corrected chi connectivity index (χ1v) is 4.44. The molecule has 0 fully saturated rings. The van der Waals surface area contributed by atoms with Crippen molar-refractivity contribution in [1.29, 1.82) is 0 Å². The molecule has 0 aliphatic heterocycles. The maximum Gasteiger partial charge on any atom is 0.139 e. The van der Waals surface area contributed by atoms with Crippen molar-refractivity contribution >= 4 is 0 Å². The average Bonchev–Trinajstić information content (AvgIpc) is 2.14.